The Kier molecular flexibility index (Phi) is 5.34. The minimum absolute atomic E-state index is 0.739. The van der Waals surface area contributed by atoms with E-state index >= 15 is 0 Å². The fraction of sp³-hybridized carbons (Fsp3) is 0. The summed E-state index contributed by atoms with van der Waals surface area (Å²) in [5.74, 6) is 0.739. The Labute approximate surface area is 219 Å². The highest BCUT2D eigenvalue weighted by molar-refractivity contribution is 7.26. The van der Waals surface area contributed by atoms with Gasteiger partial charge in [0.1, 0.15) is 0 Å². The van der Waals surface area contributed by atoms with Crippen molar-refractivity contribution in [2.24, 2.45) is 0 Å². The maximum atomic E-state index is 4.48. The van der Waals surface area contributed by atoms with E-state index in [1.54, 1.807) is 12.4 Å². The van der Waals surface area contributed by atoms with Gasteiger partial charge < -0.3 is 0 Å². The van der Waals surface area contributed by atoms with Gasteiger partial charge in [-0.3, -0.25) is 0 Å². The van der Waals surface area contributed by atoms with Gasteiger partial charge in [-0.1, -0.05) is 84.9 Å². The van der Waals surface area contributed by atoms with Crippen molar-refractivity contribution in [1.82, 2.24) is 9.97 Å². The highest BCUT2D eigenvalue weighted by Crippen LogP contribution is 2.44. The van der Waals surface area contributed by atoms with E-state index in [4.69, 9.17) is 0 Å². The largest absolute Gasteiger partial charge is 0.237 e. The van der Waals surface area contributed by atoms with Crippen LogP contribution in [0.1, 0.15) is 0 Å². The number of nitrogens with zero attached hydrogens (tertiary/aromatic N) is 2. The van der Waals surface area contributed by atoms with Crippen molar-refractivity contribution in [3.63, 3.8) is 0 Å². The number of thiophene rings is 1. The Hall–Kier alpha value is -4.60. The van der Waals surface area contributed by atoms with Crippen LogP contribution in [0, 0.1) is 0 Å². The molecule has 174 valence electrons. The molecule has 2 nitrogen and oxygen atoms in total. The van der Waals surface area contributed by atoms with Gasteiger partial charge in [0.2, 0.25) is 0 Å². The zero-order valence-electron chi connectivity index (χ0n) is 20.0. The first-order valence-corrected chi connectivity index (χ1v) is 13.1. The van der Waals surface area contributed by atoms with Gasteiger partial charge >= 0.3 is 0 Å². The molecule has 0 aliphatic carbocycles. The van der Waals surface area contributed by atoms with E-state index in [1.165, 1.54) is 53.6 Å². The summed E-state index contributed by atoms with van der Waals surface area (Å²) in [5, 5.41) is 2.58. The Morgan fingerprint density at radius 3 is 1.84 bits per heavy atom. The number of rotatable bonds is 4. The summed E-state index contributed by atoms with van der Waals surface area (Å²) in [6.45, 7) is 0. The summed E-state index contributed by atoms with van der Waals surface area (Å²) in [4.78, 5) is 8.95. The van der Waals surface area contributed by atoms with Crippen molar-refractivity contribution in [3.8, 4) is 44.8 Å². The van der Waals surface area contributed by atoms with Crippen molar-refractivity contribution in [3.05, 3.63) is 134 Å². The monoisotopic (exact) mass is 490 g/mol. The predicted octanol–water partition coefficient (Wildman–Crippen LogP) is 9.51. The summed E-state index contributed by atoms with van der Waals surface area (Å²) in [5.41, 5.74) is 8.32. The normalized spacial score (nSPS) is 11.2. The number of fused-ring (bicyclic) bond motifs is 3. The van der Waals surface area contributed by atoms with Crippen molar-refractivity contribution >= 4 is 31.5 Å². The van der Waals surface area contributed by atoms with Gasteiger partial charge in [-0.15, -0.1) is 11.3 Å². The van der Waals surface area contributed by atoms with E-state index in [0.29, 0.717) is 0 Å². The Morgan fingerprint density at radius 2 is 1.08 bits per heavy atom. The summed E-state index contributed by atoms with van der Waals surface area (Å²) in [6, 6.07) is 43.2. The number of hydrogen-bond acceptors (Lipinski definition) is 3. The van der Waals surface area contributed by atoms with Crippen LogP contribution in [0.4, 0.5) is 0 Å². The third kappa shape index (κ3) is 4.00. The summed E-state index contributed by atoms with van der Waals surface area (Å²) >= 11 is 1.86. The molecule has 37 heavy (non-hydrogen) atoms. The molecule has 0 spiro atoms. The molecule has 0 aliphatic heterocycles. The first kappa shape index (κ1) is 21.7. The summed E-state index contributed by atoms with van der Waals surface area (Å²) in [6.07, 6.45) is 3.58. The molecular formula is C34H22N2S. The molecule has 2 heterocycles. The number of hydrogen-bond donors (Lipinski definition) is 0. The molecule has 0 atom stereocenters. The van der Waals surface area contributed by atoms with Crippen LogP contribution in [0.25, 0.3) is 64.9 Å². The molecule has 0 amide bonds. The maximum absolute atomic E-state index is 4.48. The fourth-order valence-corrected chi connectivity index (χ4v) is 6.17. The second kappa shape index (κ2) is 9.12. The maximum Gasteiger partial charge on any atom is 0.159 e. The van der Waals surface area contributed by atoms with Gasteiger partial charge in [-0.05, 0) is 64.2 Å². The van der Waals surface area contributed by atoms with Crippen molar-refractivity contribution < 1.29 is 0 Å². The molecule has 0 saturated carbocycles. The average molecular weight is 491 g/mol. The molecule has 0 bridgehead atoms. The molecule has 0 fully saturated rings. The van der Waals surface area contributed by atoms with Gasteiger partial charge in [-0.2, -0.15) is 0 Å². The second-order valence-corrected chi connectivity index (χ2v) is 10.2. The minimum atomic E-state index is 0.739. The molecule has 0 aliphatic rings. The predicted molar refractivity (Wildman–Crippen MR) is 157 cm³/mol. The second-order valence-electron chi connectivity index (χ2n) is 9.10. The molecule has 2 aromatic heterocycles. The number of aromatic nitrogens is 2. The summed E-state index contributed by atoms with van der Waals surface area (Å²) < 4.78 is 2.59. The van der Waals surface area contributed by atoms with Crippen LogP contribution < -0.4 is 0 Å². The minimum Gasteiger partial charge on any atom is -0.237 e. The van der Waals surface area contributed by atoms with E-state index in [0.717, 1.165) is 11.4 Å². The Balaban J connectivity index is 1.49. The Bertz CT molecular complexity index is 1860. The van der Waals surface area contributed by atoms with E-state index in [9.17, 15) is 0 Å². The number of benzene rings is 5. The van der Waals surface area contributed by atoms with E-state index in [-0.39, 0.29) is 0 Å². The van der Waals surface area contributed by atoms with Crippen LogP contribution in [0.5, 0.6) is 0 Å². The molecule has 0 radical (unpaired) electrons. The summed E-state index contributed by atoms with van der Waals surface area (Å²) in [7, 11) is 0. The first-order valence-electron chi connectivity index (χ1n) is 12.3. The van der Waals surface area contributed by atoms with Crippen LogP contribution in [0.2, 0.25) is 0 Å². The smallest absolute Gasteiger partial charge is 0.159 e. The lowest BCUT2D eigenvalue weighted by Crippen LogP contribution is -1.88. The molecule has 3 heteroatoms. The van der Waals surface area contributed by atoms with Crippen LogP contribution in [0.15, 0.2) is 134 Å². The molecule has 0 unspecified atom stereocenters. The van der Waals surface area contributed by atoms with Crippen LogP contribution in [-0.4, -0.2) is 9.97 Å². The van der Waals surface area contributed by atoms with Crippen LogP contribution in [-0.2, 0) is 0 Å². The fourth-order valence-electron chi connectivity index (χ4n) is 4.97. The van der Waals surface area contributed by atoms with Crippen molar-refractivity contribution in [2.45, 2.75) is 0 Å². The third-order valence-corrected chi connectivity index (χ3v) is 8.00. The van der Waals surface area contributed by atoms with Crippen LogP contribution >= 0.6 is 11.3 Å². The highest BCUT2D eigenvalue weighted by atomic mass is 32.1. The van der Waals surface area contributed by atoms with Gasteiger partial charge in [0.25, 0.3) is 0 Å². The topological polar surface area (TPSA) is 25.8 Å². The lowest BCUT2D eigenvalue weighted by atomic mass is 9.94. The molecule has 7 rings (SSSR count). The SMILES string of the molecule is c1ccc(-c2ccc3sc4c(-c5cccc(-c6ncccn6)c5)cc(-c5ccccc5)cc4c3c2)cc1. The Morgan fingerprint density at radius 1 is 0.432 bits per heavy atom. The first-order chi connectivity index (χ1) is 18.3. The van der Waals surface area contributed by atoms with E-state index in [2.05, 4.69) is 125 Å². The third-order valence-electron chi connectivity index (χ3n) is 6.78. The van der Waals surface area contributed by atoms with Gasteiger partial charge in [0.15, 0.2) is 5.82 Å². The molecule has 0 saturated heterocycles. The quantitative estimate of drug-likeness (QED) is 0.245. The van der Waals surface area contributed by atoms with Gasteiger partial charge in [0, 0.05) is 43.7 Å². The molecular weight excluding hydrogens is 468 g/mol. The zero-order valence-corrected chi connectivity index (χ0v) is 20.8. The molecule has 5 aromatic carbocycles. The zero-order chi connectivity index (χ0) is 24.6. The molecule has 7 aromatic rings. The van der Waals surface area contributed by atoms with E-state index in [1.807, 2.05) is 17.4 Å². The molecule has 0 N–H and O–H groups in total. The van der Waals surface area contributed by atoms with Gasteiger partial charge in [0.05, 0.1) is 0 Å². The van der Waals surface area contributed by atoms with Crippen molar-refractivity contribution in [2.75, 3.05) is 0 Å². The van der Waals surface area contributed by atoms with Crippen molar-refractivity contribution in [1.29, 1.82) is 0 Å². The van der Waals surface area contributed by atoms with E-state index < -0.39 is 0 Å². The lowest BCUT2D eigenvalue weighted by Gasteiger charge is -2.10. The standard InChI is InChI=1S/C34H22N2S/c1-3-9-23(10-4-1)25-15-16-32-30(20-25)31-22-28(24-11-5-2-6-12-24)21-29(33(31)37-32)26-13-7-14-27(19-26)34-35-17-8-18-36-34/h1-22H. The van der Waals surface area contributed by atoms with Gasteiger partial charge in [-0.25, -0.2) is 9.97 Å². The lowest BCUT2D eigenvalue weighted by molar-refractivity contribution is 1.18. The van der Waals surface area contributed by atoms with Crippen LogP contribution in [0.3, 0.4) is 0 Å². The average Bonchev–Trinajstić information content (AvgIpc) is 3.36. The highest BCUT2D eigenvalue weighted by Gasteiger charge is 2.15.